The number of phenols is 1. The lowest BCUT2D eigenvalue weighted by atomic mass is 10.2. The van der Waals surface area contributed by atoms with Gasteiger partial charge in [-0.05, 0) is 17.7 Å². The second-order valence-corrected chi connectivity index (χ2v) is 2.77. The molecule has 0 aromatic heterocycles. The minimum Gasteiger partial charge on any atom is -0.505 e. The maximum absolute atomic E-state index is 13.1. The number of nitrogens with zero attached hydrogens (tertiary/aromatic N) is 3. The number of hydrogen-bond acceptors (Lipinski definition) is 2. The fourth-order valence-corrected chi connectivity index (χ4v) is 0.944. The van der Waals surface area contributed by atoms with Crippen molar-refractivity contribution in [2.45, 2.75) is 6.42 Å². The SMILES string of the molecule is [N-]=[N+]=NCCC#Cc1ccc(O)c(F)c1F. The summed E-state index contributed by atoms with van der Waals surface area (Å²) in [4.78, 5) is 2.51. The van der Waals surface area contributed by atoms with E-state index in [9.17, 15) is 8.78 Å². The Kier molecular flexibility index (Phi) is 4.13. The van der Waals surface area contributed by atoms with Crippen molar-refractivity contribution in [1.29, 1.82) is 0 Å². The van der Waals surface area contributed by atoms with Crippen molar-refractivity contribution in [3.63, 3.8) is 0 Å². The van der Waals surface area contributed by atoms with Gasteiger partial charge in [-0.25, -0.2) is 4.39 Å². The molecular formula is C10H7F2N3O. The molecule has 1 N–H and O–H groups in total. The highest BCUT2D eigenvalue weighted by Crippen LogP contribution is 2.20. The Labute approximate surface area is 90.1 Å². The summed E-state index contributed by atoms with van der Waals surface area (Å²) >= 11 is 0. The van der Waals surface area contributed by atoms with Crippen molar-refractivity contribution in [2.24, 2.45) is 5.11 Å². The van der Waals surface area contributed by atoms with Crippen LogP contribution in [0.25, 0.3) is 10.4 Å². The average molecular weight is 223 g/mol. The molecule has 6 heteroatoms. The van der Waals surface area contributed by atoms with Crippen LogP contribution < -0.4 is 0 Å². The number of halogens is 2. The fourth-order valence-electron chi connectivity index (χ4n) is 0.944. The lowest BCUT2D eigenvalue weighted by Crippen LogP contribution is -1.89. The van der Waals surface area contributed by atoms with Crippen LogP contribution in [0.4, 0.5) is 8.78 Å². The van der Waals surface area contributed by atoms with Crippen molar-refractivity contribution in [3.05, 3.63) is 39.8 Å². The predicted molar refractivity (Wildman–Crippen MR) is 53.5 cm³/mol. The van der Waals surface area contributed by atoms with Gasteiger partial charge in [-0.15, -0.1) is 0 Å². The van der Waals surface area contributed by atoms with Gasteiger partial charge >= 0.3 is 0 Å². The molecule has 0 fully saturated rings. The summed E-state index contributed by atoms with van der Waals surface area (Å²) in [5.41, 5.74) is 7.82. The third-order valence-corrected chi connectivity index (χ3v) is 1.69. The van der Waals surface area contributed by atoms with E-state index in [0.29, 0.717) is 0 Å². The molecule has 0 aliphatic heterocycles. The highest BCUT2D eigenvalue weighted by molar-refractivity contribution is 5.40. The largest absolute Gasteiger partial charge is 0.505 e. The van der Waals surface area contributed by atoms with Gasteiger partial charge in [0.05, 0.1) is 5.56 Å². The van der Waals surface area contributed by atoms with Gasteiger partial charge in [0.1, 0.15) is 0 Å². The molecule has 0 amide bonds. The summed E-state index contributed by atoms with van der Waals surface area (Å²) in [5, 5.41) is 12.1. The molecule has 1 aromatic carbocycles. The Bertz CT molecular complexity index is 499. The molecule has 0 bridgehead atoms. The smallest absolute Gasteiger partial charge is 0.201 e. The number of benzene rings is 1. The fraction of sp³-hybridized carbons (Fsp3) is 0.200. The quantitative estimate of drug-likeness (QED) is 0.270. The van der Waals surface area contributed by atoms with Crippen LogP contribution in [0.2, 0.25) is 0 Å². The van der Waals surface area contributed by atoms with Crippen LogP contribution in [0.15, 0.2) is 17.2 Å². The molecule has 1 rings (SSSR count). The summed E-state index contributed by atoms with van der Waals surface area (Å²) < 4.78 is 26.0. The first-order valence-corrected chi connectivity index (χ1v) is 4.33. The molecule has 0 unspecified atom stereocenters. The van der Waals surface area contributed by atoms with E-state index in [1.165, 1.54) is 6.07 Å². The third kappa shape index (κ3) is 2.87. The molecule has 82 valence electrons. The van der Waals surface area contributed by atoms with E-state index in [2.05, 4.69) is 21.9 Å². The van der Waals surface area contributed by atoms with Crippen LogP contribution in [-0.2, 0) is 0 Å². The Hall–Kier alpha value is -2.25. The van der Waals surface area contributed by atoms with Crippen molar-refractivity contribution < 1.29 is 13.9 Å². The molecule has 1 aromatic rings. The number of phenolic OH excluding ortho intramolecular Hbond substituents is 1. The van der Waals surface area contributed by atoms with E-state index < -0.39 is 17.4 Å². The first-order valence-electron chi connectivity index (χ1n) is 4.33. The van der Waals surface area contributed by atoms with Crippen LogP contribution in [0.3, 0.4) is 0 Å². The zero-order valence-electron chi connectivity index (χ0n) is 8.11. The first-order chi connectivity index (χ1) is 7.66. The van der Waals surface area contributed by atoms with E-state index in [-0.39, 0.29) is 18.5 Å². The van der Waals surface area contributed by atoms with Gasteiger partial charge < -0.3 is 5.11 Å². The summed E-state index contributed by atoms with van der Waals surface area (Å²) in [7, 11) is 0. The maximum Gasteiger partial charge on any atom is 0.201 e. The van der Waals surface area contributed by atoms with Crippen LogP contribution >= 0.6 is 0 Å². The number of hydrogen-bond donors (Lipinski definition) is 1. The van der Waals surface area contributed by atoms with Crippen LogP contribution in [-0.4, -0.2) is 11.7 Å². The second kappa shape index (κ2) is 5.59. The van der Waals surface area contributed by atoms with Crippen molar-refractivity contribution in [2.75, 3.05) is 6.54 Å². The molecule has 0 radical (unpaired) electrons. The van der Waals surface area contributed by atoms with Gasteiger partial charge in [0, 0.05) is 17.9 Å². The number of rotatable bonds is 2. The van der Waals surface area contributed by atoms with Crippen LogP contribution in [0, 0.1) is 23.5 Å². The lowest BCUT2D eigenvalue weighted by molar-refractivity contribution is 0.406. The van der Waals surface area contributed by atoms with Crippen LogP contribution in [0.1, 0.15) is 12.0 Å². The molecule has 0 aliphatic rings. The molecule has 16 heavy (non-hydrogen) atoms. The van der Waals surface area contributed by atoms with E-state index in [0.717, 1.165) is 6.07 Å². The minimum absolute atomic E-state index is 0.142. The van der Waals surface area contributed by atoms with Crippen molar-refractivity contribution in [3.8, 4) is 17.6 Å². The molecule has 0 saturated heterocycles. The number of aromatic hydroxyl groups is 1. The monoisotopic (exact) mass is 223 g/mol. The van der Waals surface area contributed by atoms with Crippen LogP contribution in [0.5, 0.6) is 5.75 Å². The topological polar surface area (TPSA) is 69.0 Å². The predicted octanol–water partition coefficient (Wildman–Crippen LogP) is 2.72. The Balaban J connectivity index is 2.81. The third-order valence-electron chi connectivity index (χ3n) is 1.69. The van der Waals surface area contributed by atoms with Crippen molar-refractivity contribution >= 4 is 0 Å². The van der Waals surface area contributed by atoms with E-state index in [1.54, 1.807) is 0 Å². The summed E-state index contributed by atoms with van der Waals surface area (Å²) in [5.74, 6) is 1.65. The normalized spacial score (nSPS) is 8.88. The van der Waals surface area contributed by atoms with Gasteiger partial charge in [0.2, 0.25) is 5.82 Å². The molecule has 4 nitrogen and oxygen atoms in total. The van der Waals surface area contributed by atoms with E-state index in [4.69, 9.17) is 10.6 Å². The zero-order chi connectivity index (χ0) is 12.0. The molecule has 0 saturated carbocycles. The van der Waals surface area contributed by atoms with Gasteiger partial charge in [-0.2, -0.15) is 4.39 Å². The second-order valence-electron chi connectivity index (χ2n) is 2.77. The molecule has 0 aliphatic carbocycles. The lowest BCUT2D eigenvalue weighted by Gasteiger charge is -1.98. The standard InChI is InChI=1S/C10H7F2N3O/c11-9-7(3-1-2-6-14-15-13)4-5-8(16)10(9)12/h4-5,16H,2,6H2. The highest BCUT2D eigenvalue weighted by atomic mass is 19.2. The summed E-state index contributed by atoms with van der Waals surface area (Å²) in [6.45, 7) is 0.172. The summed E-state index contributed by atoms with van der Waals surface area (Å²) in [6, 6.07) is 2.20. The molecule has 0 spiro atoms. The van der Waals surface area contributed by atoms with Gasteiger partial charge in [0.15, 0.2) is 11.6 Å². The van der Waals surface area contributed by atoms with E-state index >= 15 is 0 Å². The Morgan fingerprint density at radius 3 is 2.81 bits per heavy atom. The first kappa shape index (κ1) is 11.8. The maximum atomic E-state index is 13.1. The summed E-state index contributed by atoms with van der Waals surface area (Å²) in [6.07, 6.45) is 0.256. The van der Waals surface area contributed by atoms with E-state index in [1.807, 2.05) is 0 Å². The van der Waals surface area contributed by atoms with Gasteiger partial charge in [-0.1, -0.05) is 17.0 Å². The number of azide groups is 1. The minimum atomic E-state index is -1.32. The Morgan fingerprint density at radius 2 is 2.12 bits per heavy atom. The molecule has 0 atom stereocenters. The highest BCUT2D eigenvalue weighted by Gasteiger charge is 2.10. The van der Waals surface area contributed by atoms with Gasteiger partial charge in [0.25, 0.3) is 0 Å². The zero-order valence-corrected chi connectivity index (χ0v) is 8.11. The van der Waals surface area contributed by atoms with Crippen molar-refractivity contribution in [1.82, 2.24) is 0 Å². The Morgan fingerprint density at radius 1 is 1.38 bits per heavy atom. The van der Waals surface area contributed by atoms with Gasteiger partial charge in [-0.3, -0.25) is 0 Å². The average Bonchev–Trinajstić information content (AvgIpc) is 2.28. The molecule has 0 heterocycles. The molecular weight excluding hydrogens is 216 g/mol.